The zero-order chi connectivity index (χ0) is 20.2. The second kappa shape index (κ2) is 8.95. The van der Waals surface area contributed by atoms with Crippen molar-refractivity contribution in [1.29, 1.82) is 0 Å². The zero-order valence-corrected chi connectivity index (χ0v) is 17.3. The first-order valence-electron chi connectivity index (χ1n) is 10.4. The van der Waals surface area contributed by atoms with Gasteiger partial charge in [0, 0.05) is 25.3 Å². The summed E-state index contributed by atoms with van der Waals surface area (Å²) in [6.07, 6.45) is 4.98. The van der Waals surface area contributed by atoms with Crippen molar-refractivity contribution >= 4 is 29.0 Å². The molecule has 1 amide bonds. The summed E-state index contributed by atoms with van der Waals surface area (Å²) in [7, 11) is 0. The number of pyridine rings is 1. The Balaban J connectivity index is 1.33. The minimum absolute atomic E-state index is 0.0515. The molecule has 1 saturated heterocycles. The standard InChI is InChI=1S/C22H27N3O3S/c26-20(27)12-19(17-8-11-29-14-17)22(28)25-10-7-15(13-25)3-5-18-6-4-16-2-1-9-23-21(16)24-18/h4,6,8,11,14-15,19H,1-3,5,7,9-10,12-13H2,(H,23,24)(H,26,27)/t15-,19+/m1/s1. The Morgan fingerprint density at radius 1 is 1.34 bits per heavy atom. The highest BCUT2D eigenvalue weighted by atomic mass is 32.1. The van der Waals surface area contributed by atoms with Crippen molar-refractivity contribution in [2.75, 3.05) is 25.0 Å². The molecule has 0 bridgehead atoms. The van der Waals surface area contributed by atoms with Crippen LogP contribution in [-0.4, -0.2) is 46.5 Å². The van der Waals surface area contributed by atoms with Crippen LogP contribution in [0, 0.1) is 5.92 Å². The van der Waals surface area contributed by atoms with E-state index >= 15 is 0 Å². The number of thiophene rings is 1. The van der Waals surface area contributed by atoms with Crippen LogP contribution in [0.1, 0.15) is 48.4 Å². The Morgan fingerprint density at radius 3 is 3.03 bits per heavy atom. The largest absolute Gasteiger partial charge is 0.481 e. The van der Waals surface area contributed by atoms with Gasteiger partial charge in [-0.25, -0.2) is 4.98 Å². The number of nitrogens with one attached hydrogen (secondary N) is 1. The molecule has 4 rings (SSSR count). The summed E-state index contributed by atoms with van der Waals surface area (Å²) in [6.45, 7) is 2.41. The monoisotopic (exact) mass is 413 g/mol. The van der Waals surface area contributed by atoms with Gasteiger partial charge < -0.3 is 15.3 Å². The highest BCUT2D eigenvalue weighted by Gasteiger charge is 2.33. The molecule has 2 atom stereocenters. The van der Waals surface area contributed by atoms with Gasteiger partial charge in [0.05, 0.1) is 12.3 Å². The molecule has 6 nitrogen and oxygen atoms in total. The number of fused-ring (bicyclic) bond motifs is 1. The van der Waals surface area contributed by atoms with E-state index in [1.807, 2.05) is 21.7 Å². The molecule has 154 valence electrons. The number of aliphatic carboxylic acids is 1. The predicted octanol–water partition coefficient (Wildman–Crippen LogP) is 3.54. The number of anilines is 1. The van der Waals surface area contributed by atoms with Crippen molar-refractivity contribution in [1.82, 2.24) is 9.88 Å². The molecule has 0 spiro atoms. The van der Waals surface area contributed by atoms with Gasteiger partial charge >= 0.3 is 5.97 Å². The number of likely N-dealkylation sites (tertiary alicyclic amines) is 1. The van der Waals surface area contributed by atoms with Crippen LogP contribution in [0.15, 0.2) is 29.0 Å². The molecule has 0 saturated carbocycles. The molecule has 4 heterocycles. The Labute approximate surface area is 175 Å². The molecule has 2 aliphatic heterocycles. The first kappa shape index (κ1) is 19.9. The van der Waals surface area contributed by atoms with Crippen LogP contribution in [0.4, 0.5) is 5.82 Å². The second-order valence-corrected chi connectivity index (χ2v) is 8.81. The number of aromatic nitrogens is 1. The third-order valence-corrected chi connectivity index (χ3v) is 6.68. The molecule has 7 heteroatoms. The van der Waals surface area contributed by atoms with Crippen molar-refractivity contribution in [3.05, 3.63) is 45.8 Å². The fourth-order valence-electron chi connectivity index (χ4n) is 4.34. The molecule has 1 fully saturated rings. The lowest BCUT2D eigenvalue weighted by Crippen LogP contribution is -2.34. The van der Waals surface area contributed by atoms with E-state index in [-0.39, 0.29) is 12.3 Å². The van der Waals surface area contributed by atoms with Crippen LogP contribution in [0.25, 0.3) is 0 Å². The predicted molar refractivity (Wildman–Crippen MR) is 113 cm³/mol. The number of carboxylic acids is 1. The smallest absolute Gasteiger partial charge is 0.304 e. The SMILES string of the molecule is O=C(O)C[C@H](C(=O)N1CC[C@@H](CCc2ccc3c(n2)NCCC3)C1)c1ccsc1. The Bertz CT molecular complexity index is 868. The van der Waals surface area contributed by atoms with Gasteiger partial charge in [0.15, 0.2) is 0 Å². The van der Waals surface area contributed by atoms with E-state index in [0.717, 1.165) is 55.7 Å². The number of hydrogen-bond acceptors (Lipinski definition) is 5. The van der Waals surface area contributed by atoms with Gasteiger partial charge in [-0.1, -0.05) is 6.07 Å². The van der Waals surface area contributed by atoms with E-state index < -0.39 is 11.9 Å². The molecule has 2 aromatic rings. The zero-order valence-electron chi connectivity index (χ0n) is 16.5. The third-order valence-electron chi connectivity index (χ3n) is 5.98. The lowest BCUT2D eigenvalue weighted by Gasteiger charge is -2.22. The van der Waals surface area contributed by atoms with Crippen LogP contribution in [0.5, 0.6) is 0 Å². The van der Waals surface area contributed by atoms with Gasteiger partial charge in [-0.05, 0) is 72.0 Å². The third kappa shape index (κ3) is 4.78. The lowest BCUT2D eigenvalue weighted by atomic mass is 9.96. The van der Waals surface area contributed by atoms with Crippen molar-refractivity contribution in [3.63, 3.8) is 0 Å². The average molecular weight is 414 g/mol. The molecule has 2 N–H and O–H groups in total. The summed E-state index contributed by atoms with van der Waals surface area (Å²) in [6, 6.07) is 6.17. The number of carbonyl (C=O) groups excluding carboxylic acids is 1. The summed E-state index contributed by atoms with van der Waals surface area (Å²) in [5.41, 5.74) is 3.22. The molecular formula is C22H27N3O3S. The summed E-state index contributed by atoms with van der Waals surface area (Å²) >= 11 is 1.50. The Morgan fingerprint density at radius 2 is 2.24 bits per heavy atom. The van der Waals surface area contributed by atoms with Crippen LogP contribution in [0.3, 0.4) is 0 Å². The number of aryl methyl sites for hydroxylation is 2. The first-order chi connectivity index (χ1) is 14.1. The van der Waals surface area contributed by atoms with Crippen molar-refractivity contribution in [2.24, 2.45) is 5.92 Å². The maximum absolute atomic E-state index is 13.0. The van der Waals surface area contributed by atoms with Gasteiger partial charge in [-0.2, -0.15) is 11.3 Å². The maximum atomic E-state index is 13.0. The normalized spacial score (nSPS) is 19.4. The van der Waals surface area contributed by atoms with E-state index in [1.54, 1.807) is 0 Å². The van der Waals surface area contributed by atoms with Crippen LogP contribution in [-0.2, 0) is 22.4 Å². The quantitative estimate of drug-likeness (QED) is 0.725. The molecule has 0 radical (unpaired) electrons. The van der Waals surface area contributed by atoms with Gasteiger partial charge in [-0.15, -0.1) is 0 Å². The number of hydrogen-bond donors (Lipinski definition) is 2. The highest BCUT2D eigenvalue weighted by molar-refractivity contribution is 7.08. The molecule has 0 aliphatic carbocycles. The topological polar surface area (TPSA) is 82.5 Å². The molecular weight excluding hydrogens is 386 g/mol. The molecule has 2 aromatic heterocycles. The molecule has 0 unspecified atom stereocenters. The van der Waals surface area contributed by atoms with Gasteiger partial charge in [0.25, 0.3) is 0 Å². The summed E-state index contributed by atoms with van der Waals surface area (Å²) < 4.78 is 0. The van der Waals surface area contributed by atoms with E-state index in [1.165, 1.54) is 16.9 Å². The Kier molecular flexibility index (Phi) is 6.13. The van der Waals surface area contributed by atoms with Crippen LogP contribution >= 0.6 is 11.3 Å². The molecule has 2 aliphatic rings. The number of carbonyl (C=O) groups is 2. The lowest BCUT2D eigenvalue weighted by molar-refractivity contribution is -0.141. The van der Waals surface area contributed by atoms with Crippen molar-refractivity contribution in [2.45, 2.75) is 44.4 Å². The number of nitrogens with zero attached hydrogens (tertiary/aromatic N) is 2. The van der Waals surface area contributed by atoms with Gasteiger partial charge in [0.2, 0.25) is 5.91 Å². The van der Waals surface area contributed by atoms with E-state index in [9.17, 15) is 14.7 Å². The summed E-state index contributed by atoms with van der Waals surface area (Å²) in [5, 5.41) is 16.4. The Hall–Kier alpha value is -2.41. The minimum Gasteiger partial charge on any atom is -0.481 e. The van der Waals surface area contributed by atoms with Gasteiger partial charge in [-0.3, -0.25) is 9.59 Å². The molecule has 29 heavy (non-hydrogen) atoms. The van der Waals surface area contributed by atoms with Gasteiger partial charge in [0.1, 0.15) is 5.82 Å². The number of amides is 1. The molecule has 0 aromatic carbocycles. The summed E-state index contributed by atoms with van der Waals surface area (Å²) in [4.78, 5) is 30.9. The second-order valence-electron chi connectivity index (χ2n) is 8.03. The van der Waals surface area contributed by atoms with E-state index in [0.29, 0.717) is 19.0 Å². The van der Waals surface area contributed by atoms with E-state index in [4.69, 9.17) is 4.98 Å². The van der Waals surface area contributed by atoms with Crippen LogP contribution in [0.2, 0.25) is 0 Å². The number of rotatable bonds is 7. The van der Waals surface area contributed by atoms with Crippen molar-refractivity contribution < 1.29 is 14.7 Å². The fraction of sp³-hybridized carbons (Fsp3) is 0.500. The van der Waals surface area contributed by atoms with E-state index in [2.05, 4.69) is 17.4 Å². The average Bonchev–Trinajstić information content (AvgIpc) is 3.42. The van der Waals surface area contributed by atoms with Crippen molar-refractivity contribution in [3.8, 4) is 0 Å². The highest BCUT2D eigenvalue weighted by Crippen LogP contribution is 2.29. The fourth-order valence-corrected chi connectivity index (χ4v) is 5.06. The minimum atomic E-state index is -0.933. The summed E-state index contributed by atoms with van der Waals surface area (Å²) in [5.74, 6) is -0.0883. The maximum Gasteiger partial charge on any atom is 0.304 e. The van der Waals surface area contributed by atoms with Crippen LogP contribution < -0.4 is 5.32 Å². The first-order valence-corrected chi connectivity index (χ1v) is 11.3. The number of carboxylic acid groups (broad SMARTS) is 1.